The molecule has 0 fully saturated rings. The molecule has 0 aliphatic carbocycles. The van der Waals surface area contributed by atoms with Crippen LogP contribution >= 0.6 is 869 Å². The second kappa shape index (κ2) is 87.9. The van der Waals surface area contributed by atoms with Crippen LogP contribution in [0.15, 0.2) is 0 Å². The van der Waals surface area contributed by atoms with E-state index in [1.165, 1.54) is 0 Å². The van der Waals surface area contributed by atoms with Crippen molar-refractivity contribution in [1.29, 1.82) is 0 Å². The average molecular weight is 3540 g/mol. The van der Waals surface area contributed by atoms with Crippen molar-refractivity contribution in [3.05, 3.63) is 0 Å². The van der Waals surface area contributed by atoms with E-state index < -0.39 is 349 Å². The monoisotopic (exact) mass is 3540 g/mol. The van der Waals surface area contributed by atoms with Gasteiger partial charge < -0.3 is 0 Å². The molecule has 661 valence electrons. The molecule has 0 saturated heterocycles. The Morgan fingerprint density at radius 1 is 0.0909 bits per heavy atom. The minimum atomic E-state index is -0.631. The zero-order chi connectivity index (χ0) is 86.3. The predicted octanol–water partition coefficient (Wildman–Crippen LogP) is 64.2. The molecule has 60 unspecified atom stereocenters. The molecule has 0 saturated carbocycles. The molecule has 110 heavy (non-hydrogen) atoms. The summed E-state index contributed by atoms with van der Waals surface area (Å²) in [5, 5.41) is 0. The third-order valence-corrected chi connectivity index (χ3v) is 785. The van der Waals surface area contributed by atoms with Crippen LogP contribution in [0, 0.1) is 0 Å². The summed E-state index contributed by atoms with van der Waals surface area (Å²) in [6.45, 7) is -23.5. The van der Waals surface area contributed by atoms with E-state index in [2.05, 4.69) is 491 Å². The standard InChI is InChI=1S/H111P109.V/c1-57(2)84(55)100(87(58(3)4)59(5)6)102(105(90(64(15)16)65(17)18)91(66(19)20)67(21)22)85(101(88(60(7)8)61(9)10)89(62(11)12)63(13)14)56-86(103(106(92(68(23)24)69(25)26)93(70(27)28)71(29)30)107(94(72(31)32)73(33)34)95(74(35)36)75(37)38)104(108(96(76(39)40)77(41)42)97(78(43)44)79(45)46)109(98(80(47)48)81(49)50)99(82(51)52)83(53)54;/h56H,1-55H2;. The van der Waals surface area contributed by atoms with E-state index in [1.807, 2.05) is 0 Å². The molecule has 1 radical (unpaired) electrons. The van der Waals surface area contributed by atoms with Crippen LogP contribution in [0.4, 0.5) is 0 Å². The Morgan fingerprint density at radius 3 is 0.273 bits per heavy atom. The van der Waals surface area contributed by atoms with Crippen LogP contribution in [0.5, 0.6) is 0 Å². The molecule has 0 aromatic heterocycles. The molecule has 0 spiro atoms. The van der Waals surface area contributed by atoms with Gasteiger partial charge in [-0.25, -0.2) is 0 Å². The number of hydrogen-bond acceptors (Lipinski definition) is 0. The van der Waals surface area contributed by atoms with E-state index in [4.69, 9.17) is 0 Å². The molecule has 110 heteroatoms. The summed E-state index contributed by atoms with van der Waals surface area (Å²) in [5.41, 5.74) is 0. The molecular formula is H111P109V. The molecule has 0 amide bonds. The Morgan fingerprint density at radius 2 is 0.173 bits per heavy atom. The number of hydrogen-bond donors (Lipinski definition) is 0. The minimum absolute atomic E-state index is 0. The quantitative estimate of drug-likeness (QED) is 0.0533. The normalized spacial score (nSPS) is 15.7. The van der Waals surface area contributed by atoms with Gasteiger partial charge in [-0.1, -0.05) is 0 Å². The second-order valence-electron chi connectivity index (χ2n) is 17.4. The first kappa shape index (κ1) is 159. The molecule has 0 aromatic rings. The molecule has 0 bridgehead atoms. The van der Waals surface area contributed by atoms with Gasteiger partial charge in [0.1, 0.15) is 0 Å². The maximum absolute atomic E-state index is 4.05. The van der Waals surface area contributed by atoms with Crippen LogP contribution in [-0.2, 0) is 18.6 Å². The average Bonchev–Trinajstić information content (AvgIpc) is 3.45. The Labute approximate surface area is 873 Å². The summed E-state index contributed by atoms with van der Waals surface area (Å²) in [4.78, 5) is 0. The van der Waals surface area contributed by atoms with Gasteiger partial charge in [0.05, 0.1) is 0 Å². The fraction of sp³-hybridized carbons (Fsp3) is 0. The Bertz CT molecular complexity index is 1890. The third kappa shape index (κ3) is 56.8. The van der Waals surface area contributed by atoms with Gasteiger partial charge in [0, 0.05) is 18.6 Å². The summed E-state index contributed by atoms with van der Waals surface area (Å²) in [7, 11) is 210. The molecule has 60 atom stereocenters. The fourth-order valence-corrected chi connectivity index (χ4v) is 1610. The van der Waals surface area contributed by atoms with Crippen molar-refractivity contribution in [2.75, 3.05) is 0 Å². The second-order valence-corrected chi connectivity index (χ2v) is 471. The summed E-state index contributed by atoms with van der Waals surface area (Å²) in [6.07, 6.45) is 0. The SMILES string of the molecule is PP(P)P(P)P(P(P(P)P)P(P)P)P(P(PP(P(P(P(P(P)P)P(P)P)P(P(P)P)P(P)P)P(P(P(P)P)P(P)P)P(P(P)P)P(P)P)P(P(P(P(P)P)P(P)P)P(P(P)P)P(P)P)P(P(P(P)P)P(P)P)P(P(P)P)P(P)P)P(P(P(P)P)P(P)P)P(P(P)P)P(P)P)P(P(P(P)P)P(P)P)P(P(P)P)P(P)P.[V]. The number of rotatable bonds is 53. The van der Waals surface area contributed by atoms with Crippen molar-refractivity contribution in [3.63, 3.8) is 0 Å². The van der Waals surface area contributed by atoms with Gasteiger partial charge in [-0.15, -0.1) is 491 Å². The van der Waals surface area contributed by atoms with Crippen LogP contribution in [-0.4, -0.2) is 0 Å². The molecule has 0 aliphatic rings. The van der Waals surface area contributed by atoms with Crippen LogP contribution < -0.4 is 0 Å². The predicted molar refractivity (Wildman–Crippen MR) is 909 cm³/mol. The molecule has 0 N–H and O–H groups in total. The third-order valence-electron chi connectivity index (χ3n) is 9.69. The van der Waals surface area contributed by atoms with Gasteiger partial charge in [-0.2, -0.15) is 0 Å². The van der Waals surface area contributed by atoms with E-state index in [0.717, 1.165) is 7.96 Å². The molecular weight excluding hydrogens is 3430 g/mol. The first-order chi connectivity index (χ1) is 49.6. The van der Waals surface area contributed by atoms with Crippen molar-refractivity contribution in [3.8, 4) is 0 Å². The van der Waals surface area contributed by atoms with Gasteiger partial charge in [0.15, 0.2) is 0 Å². The van der Waals surface area contributed by atoms with Gasteiger partial charge in [-0.05, 0) is 378 Å². The minimum Gasteiger partial charge on any atom is -0.102 e. The first-order valence-electron chi connectivity index (χ1n) is 24.8. The van der Waals surface area contributed by atoms with Gasteiger partial charge >= 0.3 is 0 Å². The van der Waals surface area contributed by atoms with Crippen LogP contribution in [0.2, 0.25) is 0 Å². The molecule has 0 nitrogen and oxygen atoms in total. The molecule has 0 aromatic carbocycles. The zero-order valence-corrected chi connectivity index (χ0v) is 170. The molecule has 0 heterocycles. The van der Waals surface area contributed by atoms with Crippen LogP contribution in [0.3, 0.4) is 0 Å². The summed E-state index contributed by atoms with van der Waals surface area (Å²) in [6, 6.07) is 0. The van der Waals surface area contributed by atoms with Crippen molar-refractivity contribution in [2.45, 2.75) is 0 Å². The van der Waals surface area contributed by atoms with E-state index in [9.17, 15) is 0 Å². The van der Waals surface area contributed by atoms with Crippen molar-refractivity contribution >= 4 is 869 Å². The Kier molecular flexibility index (Phi) is 127. The summed E-state index contributed by atoms with van der Waals surface area (Å²) < 4.78 is 0. The van der Waals surface area contributed by atoms with Crippen molar-refractivity contribution < 1.29 is 18.6 Å². The van der Waals surface area contributed by atoms with Gasteiger partial charge in [0.25, 0.3) is 0 Å². The van der Waals surface area contributed by atoms with E-state index in [-0.39, 0.29) is 39.5 Å². The van der Waals surface area contributed by atoms with Crippen LogP contribution in [0.1, 0.15) is 0 Å². The van der Waals surface area contributed by atoms with Crippen molar-refractivity contribution in [1.82, 2.24) is 0 Å². The maximum atomic E-state index is 4.05. The maximum Gasteiger partial charge on any atom is 0 e. The largest absolute Gasteiger partial charge is 0.102 e. The summed E-state index contributed by atoms with van der Waals surface area (Å²) in [5.74, 6) is 0. The fourth-order valence-electron chi connectivity index (χ4n) is 6.63. The van der Waals surface area contributed by atoms with Gasteiger partial charge in [0.2, 0.25) is 0 Å². The summed E-state index contributed by atoms with van der Waals surface area (Å²) >= 11 is 0. The van der Waals surface area contributed by atoms with Crippen LogP contribution in [0.25, 0.3) is 0 Å². The van der Waals surface area contributed by atoms with E-state index in [1.54, 1.807) is 0 Å². The molecule has 0 aliphatic heterocycles. The van der Waals surface area contributed by atoms with Crippen molar-refractivity contribution in [2.24, 2.45) is 0 Å². The van der Waals surface area contributed by atoms with Gasteiger partial charge in [-0.3, -0.25) is 0 Å². The zero-order valence-electron chi connectivity index (χ0n) is 56.4. The smallest absolute Gasteiger partial charge is 0 e. The Hall–Kier alpha value is 47.5. The van der Waals surface area contributed by atoms with E-state index >= 15 is 0 Å². The molecule has 0 rings (SSSR count). The Balaban J connectivity index is 0. The van der Waals surface area contributed by atoms with E-state index in [0.29, 0.717) is 0 Å². The topological polar surface area (TPSA) is 0 Å². The first-order valence-corrected chi connectivity index (χ1v) is 224.